The lowest BCUT2D eigenvalue weighted by Crippen LogP contribution is -2.08. The van der Waals surface area contributed by atoms with Crippen molar-refractivity contribution in [2.24, 2.45) is 5.73 Å². The Bertz CT molecular complexity index is 231. The molecule has 2 heteroatoms. The van der Waals surface area contributed by atoms with Crippen LogP contribution in [0.3, 0.4) is 0 Å². The Hall–Kier alpha value is -0.760. The molecule has 0 spiro atoms. The van der Waals surface area contributed by atoms with Crippen molar-refractivity contribution in [3.05, 3.63) is 24.2 Å². The maximum atomic E-state index is 5.99. The number of rotatable bonds is 8. The predicted molar refractivity (Wildman–Crippen MR) is 63.6 cm³/mol. The van der Waals surface area contributed by atoms with Crippen molar-refractivity contribution >= 4 is 0 Å². The third-order valence-corrected chi connectivity index (χ3v) is 2.78. The van der Waals surface area contributed by atoms with E-state index in [0.29, 0.717) is 0 Å². The number of unbranched alkanes of at least 4 members (excludes halogenated alkanes) is 5. The standard InChI is InChI=1S/C13H23NO/c1-2-3-4-5-6-7-9-12(14)13-10-8-11-15-13/h8,10-12H,2-7,9,14H2,1H3. The first-order chi connectivity index (χ1) is 7.34. The molecule has 0 aromatic carbocycles. The van der Waals surface area contributed by atoms with E-state index in [4.69, 9.17) is 10.2 Å². The average Bonchev–Trinajstić information content (AvgIpc) is 2.76. The number of nitrogens with two attached hydrogens (primary N) is 1. The van der Waals surface area contributed by atoms with Gasteiger partial charge in [0.1, 0.15) is 5.76 Å². The quantitative estimate of drug-likeness (QED) is 0.656. The summed E-state index contributed by atoms with van der Waals surface area (Å²) in [4.78, 5) is 0. The molecule has 0 amide bonds. The zero-order valence-corrected chi connectivity index (χ0v) is 9.74. The van der Waals surface area contributed by atoms with Crippen LogP contribution in [0.5, 0.6) is 0 Å². The molecule has 2 nitrogen and oxygen atoms in total. The molecule has 0 saturated carbocycles. The fourth-order valence-corrected chi connectivity index (χ4v) is 1.79. The molecule has 0 saturated heterocycles. The highest BCUT2D eigenvalue weighted by atomic mass is 16.3. The van der Waals surface area contributed by atoms with Gasteiger partial charge < -0.3 is 10.2 Å². The minimum absolute atomic E-state index is 0.0891. The second-order valence-corrected chi connectivity index (χ2v) is 4.18. The molecule has 1 unspecified atom stereocenters. The van der Waals surface area contributed by atoms with Crippen molar-refractivity contribution in [3.8, 4) is 0 Å². The molecule has 1 atom stereocenters. The highest BCUT2D eigenvalue weighted by Crippen LogP contribution is 2.18. The van der Waals surface area contributed by atoms with Gasteiger partial charge in [0.25, 0.3) is 0 Å². The van der Waals surface area contributed by atoms with Gasteiger partial charge in [-0.25, -0.2) is 0 Å². The monoisotopic (exact) mass is 209 g/mol. The Kier molecular flexibility index (Phi) is 6.17. The van der Waals surface area contributed by atoms with Gasteiger partial charge in [0.15, 0.2) is 0 Å². The molecule has 1 aromatic heterocycles. The molecule has 15 heavy (non-hydrogen) atoms. The van der Waals surface area contributed by atoms with E-state index in [1.54, 1.807) is 6.26 Å². The Morgan fingerprint density at radius 1 is 1.20 bits per heavy atom. The molecule has 0 radical (unpaired) electrons. The molecule has 0 fully saturated rings. The Morgan fingerprint density at radius 3 is 2.60 bits per heavy atom. The van der Waals surface area contributed by atoms with E-state index in [1.807, 2.05) is 12.1 Å². The molecule has 1 aromatic rings. The smallest absolute Gasteiger partial charge is 0.120 e. The van der Waals surface area contributed by atoms with Crippen molar-refractivity contribution in [1.29, 1.82) is 0 Å². The van der Waals surface area contributed by atoms with Crippen LogP contribution < -0.4 is 5.73 Å². The highest BCUT2D eigenvalue weighted by Gasteiger charge is 2.07. The van der Waals surface area contributed by atoms with Crippen LogP contribution in [0, 0.1) is 0 Å². The van der Waals surface area contributed by atoms with Gasteiger partial charge in [0.05, 0.1) is 12.3 Å². The third-order valence-electron chi connectivity index (χ3n) is 2.78. The fraction of sp³-hybridized carbons (Fsp3) is 0.692. The lowest BCUT2D eigenvalue weighted by atomic mass is 10.0. The first-order valence-corrected chi connectivity index (χ1v) is 6.13. The number of hydrogen-bond donors (Lipinski definition) is 1. The van der Waals surface area contributed by atoms with Crippen molar-refractivity contribution in [1.82, 2.24) is 0 Å². The molecule has 0 aliphatic heterocycles. The molecular formula is C13H23NO. The molecule has 0 bridgehead atoms. The molecule has 86 valence electrons. The third kappa shape index (κ3) is 5.03. The van der Waals surface area contributed by atoms with Gasteiger partial charge in [-0.15, -0.1) is 0 Å². The predicted octanol–water partition coefficient (Wildman–Crippen LogP) is 4.03. The van der Waals surface area contributed by atoms with Crippen molar-refractivity contribution in [2.45, 2.75) is 57.9 Å². The first kappa shape index (κ1) is 12.3. The summed E-state index contributed by atoms with van der Waals surface area (Å²) in [7, 11) is 0. The Balaban J connectivity index is 2.00. The summed E-state index contributed by atoms with van der Waals surface area (Å²) >= 11 is 0. The highest BCUT2D eigenvalue weighted by molar-refractivity contribution is 5.02. The SMILES string of the molecule is CCCCCCCCC(N)c1ccco1. The van der Waals surface area contributed by atoms with Crippen molar-refractivity contribution < 1.29 is 4.42 Å². The molecule has 2 N–H and O–H groups in total. The fourth-order valence-electron chi connectivity index (χ4n) is 1.79. The molecule has 0 aliphatic rings. The van der Waals surface area contributed by atoms with Gasteiger partial charge >= 0.3 is 0 Å². The molecule has 1 rings (SSSR count). The maximum absolute atomic E-state index is 5.99. The lowest BCUT2D eigenvalue weighted by molar-refractivity contribution is 0.438. The van der Waals surface area contributed by atoms with Crippen molar-refractivity contribution in [3.63, 3.8) is 0 Å². The second kappa shape index (κ2) is 7.52. The molecular weight excluding hydrogens is 186 g/mol. The van der Waals surface area contributed by atoms with Crippen LogP contribution in [0.2, 0.25) is 0 Å². The van der Waals surface area contributed by atoms with Crippen LogP contribution in [0.15, 0.2) is 22.8 Å². The Morgan fingerprint density at radius 2 is 1.93 bits per heavy atom. The van der Waals surface area contributed by atoms with E-state index in [2.05, 4.69) is 6.92 Å². The van der Waals surface area contributed by atoms with Crippen molar-refractivity contribution in [2.75, 3.05) is 0 Å². The van der Waals surface area contributed by atoms with Gasteiger partial charge in [-0.3, -0.25) is 0 Å². The minimum atomic E-state index is 0.0891. The van der Waals surface area contributed by atoms with E-state index in [1.165, 1.54) is 38.5 Å². The minimum Gasteiger partial charge on any atom is -0.468 e. The van der Waals surface area contributed by atoms with Crippen LogP contribution in [0.1, 0.15) is 63.7 Å². The normalized spacial score (nSPS) is 12.9. The zero-order valence-electron chi connectivity index (χ0n) is 9.74. The topological polar surface area (TPSA) is 39.2 Å². The summed E-state index contributed by atoms with van der Waals surface area (Å²) in [6, 6.07) is 3.95. The van der Waals surface area contributed by atoms with E-state index in [0.717, 1.165) is 12.2 Å². The van der Waals surface area contributed by atoms with Gasteiger partial charge in [0, 0.05) is 0 Å². The van der Waals surface area contributed by atoms with Gasteiger partial charge in [-0.1, -0.05) is 45.4 Å². The summed E-state index contributed by atoms with van der Waals surface area (Å²) < 4.78 is 5.27. The van der Waals surface area contributed by atoms with Crippen LogP contribution in [0.4, 0.5) is 0 Å². The molecule has 0 aliphatic carbocycles. The van der Waals surface area contributed by atoms with E-state index >= 15 is 0 Å². The summed E-state index contributed by atoms with van der Waals surface area (Å²) in [6.07, 6.45) is 10.6. The summed E-state index contributed by atoms with van der Waals surface area (Å²) in [5.74, 6) is 0.920. The average molecular weight is 209 g/mol. The molecule has 1 heterocycles. The van der Waals surface area contributed by atoms with Crippen LogP contribution >= 0.6 is 0 Å². The van der Waals surface area contributed by atoms with Crippen LogP contribution in [0.25, 0.3) is 0 Å². The maximum Gasteiger partial charge on any atom is 0.120 e. The van der Waals surface area contributed by atoms with E-state index in [9.17, 15) is 0 Å². The van der Waals surface area contributed by atoms with E-state index < -0.39 is 0 Å². The second-order valence-electron chi connectivity index (χ2n) is 4.18. The van der Waals surface area contributed by atoms with E-state index in [-0.39, 0.29) is 6.04 Å². The Labute approximate surface area is 92.9 Å². The summed E-state index contributed by atoms with van der Waals surface area (Å²) in [6.45, 7) is 2.24. The number of hydrogen-bond acceptors (Lipinski definition) is 2. The zero-order chi connectivity index (χ0) is 10.9. The van der Waals surface area contributed by atoms with Crippen LogP contribution in [-0.4, -0.2) is 0 Å². The van der Waals surface area contributed by atoms with Crippen LogP contribution in [-0.2, 0) is 0 Å². The van der Waals surface area contributed by atoms with Gasteiger partial charge in [-0.2, -0.15) is 0 Å². The summed E-state index contributed by atoms with van der Waals surface area (Å²) in [5.41, 5.74) is 5.99. The lowest BCUT2D eigenvalue weighted by Gasteiger charge is -2.07. The number of furan rings is 1. The largest absolute Gasteiger partial charge is 0.468 e. The van der Waals surface area contributed by atoms with Gasteiger partial charge in [-0.05, 0) is 18.6 Å². The van der Waals surface area contributed by atoms with Gasteiger partial charge in [0.2, 0.25) is 0 Å². The first-order valence-electron chi connectivity index (χ1n) is 6.13. The summed E-state index contributed by atoms with van der Waals surface area (Å²) in [5, 5.41) is 0.